The minimum Gasteiger partial charge on any atom is -0.357 e. The van der Waals surface area contributed by atoms with Gasteiger partial charge in [-0.3, -0.25) is 4.99 Å². The fraction of sp³-hybridized carbons (Fsp3) is 0.812. The summed E-state index contributed by atoms with van der Waals surface area (Å²) in [6, 6.07) is 0. The van der Waals surface area contributed by atoms with Crippen LogP contribution in [0.25, 0.3) is 0 Å². The van der Waals surface area contributed by atoms with Gasteiger partial charge in [-0.25, -0.2) is 0 Å². The molecule has 0 heterocycles. The molecule has 4 nitrogen and oxygen atoms in total. The highest BCUT2D eigenvalue weighted by Gasteiger charge is 2.04. The highest BCUT2D eigenvalue weighted by atomic mass is 15.2. The second kappa shape index (κ2) is 10.7. The highest BCUT2D eigenvalue weighted by Crippen LogP contribution is 2.19. The lowest BCUT2D eigenvalue weighted by molar-refractivity contribution is 0.363. The number of rotatable bonds is 8. The van der Waals surface area contributed by atoms with E-state index in [4.69, 9.17) is 0 Å². The van der Waals surface area contributed by atoms with Crippen molar-refractivity contribution in [3.05, 3.63) is 11.6 Å². The molecule has 0 bridgehead atoms. The van der Waals surface area contributed by atoms with Gasteiger partial charge in [-0.2, -0.15) is 0 Å². The number of allylic oxidation sites excluding steroid dienone is 1. The molecule has 0 saturated carbocycles. The summed E-state index contributed by atoms with van der Waals surface area (Å²) >= 11 is 0. The highest BCUT2D eigenvalue weighted by molar-refractivity contribution is 5.79. The maximum Gasteiger partial charge on any atom is 0.191 e. The molecule has 1 aliphatic carbocycles. The molecule has 0 aromatic heterocycles. The molecule has 0 radical (unpaired) electrons. The molecule has 4 heteroatoms. The van der Waals surface area contributed by atoms with Crippen LogP contribution < -0.4 is 10.6 Å². The van der Waals surface area contributed by atoms with E-state index in [9.17, 15) is 0 Å². The fourth-order valence-electron chi connectivity index (χ4n) is 2.31. The first-order valence-corrected chi connectivity index (χ1v) is 8.14. The average Bonchev–Trinajstić information content (AvgIpc) is 2.48. The Bertz CT molecular complexity index is 310. The van der Waals surface area contributed by atoms with Crippen molar-refractivity contribution in [2.45, 2.75) is 46.0 Å². The molecule has 0 unspecified atom stereocenters. The Kier molecular flexibility index (Phi) is 9.13. The minimum absolute atomic E-state index is 0.850. The topological polar surface area (TPSA) is 39.7 Å². The van der Waals surface area contributed by atoms with E-state index in [0.717, 1.165) is 45.1 Å². The Morgan fingerprint density at radius 1 is 1.30 bits per heavy atom. The maximum atomic E-state index is 4.62. The summed E-state index contributed by atoms with van der Waals surface area (Å²) in [5.41, 5.74) is 1.62. The predicted molar refractivity (Wildman–Crippen MR) is 88.3 cm³/mol. The molecule has 0 spiro atoms. The van der Waals surface area contributed by atoms with E-state index in [1.807, 2.05) is 0 Å². The molecule has 0 aromatic carbocycles. The van der Waals surface area contributed by atoms with Crippen molar-refractivity contribution in [1.29, 1.82) is 0 Å². The van der Waals surface area contributed by atoms with Gasteiger partial charge in [0.25, 0.3) is 0 Å². The fourth-order valence-corrected chi connectivity index (χ4v) is 2.31. The van der Waals surface area contributed by atoms with Gasteiger partial charge in [0.1, 0.15) is 0 Å². The van der Waals surface area contributed by atoms with Crippen molar-refractivity contribution in [2.24, 2.45) is 4.99 Å². The summed E-state index contributed by atoms with van der Waals surface area (Å²) in [7, 11) is 2.13. The second-order valence-electron chi connectivity index (χ2n) is 5.44. The number of nitrogens with zero attached hydrogens (tertiary/aromatic N) is 2. The van der Waals surface area contributed by atoms with Gasteiger partial charge in [-0.05, 0) is 52.6 Å². The van der Waals surface area contributed by atoms with Gasteiger partial charge in [0, 0.05) is 19.6 Å². The second-order valence-corrected chi connectivity index (χ2v) is 5.44. The van der Waals surface area contributed by atoms with Crippen molar-refractivity contribution in [3.63, 3.8) is 0 Å². The lowest BCUT2D eigenvalue weighted by atomic mass is 9.97. The molecule has 0 saturated heterocycles. The predicted octanol–water partition coefficient (Wildman–Crippen LogP) is 2.38. The van der Waals surface area contributed by atoms with Gasteiger partial charge in [0.15, 0.2) is 5.96 Å². The summed E-state index contributed by atoms with van der Waals surface area (Å²) in [5.74, 6) is 0.952. The van der Waals surface area contributed by atoms with Gasteiger partial charge in [-0.15, -0.1) is 0 Å². The zero-order chi connectivity index (χ0) is 14.6. The quantitative estimate of drug-likeness (QED) is 0.407. The van der Waals surface area contributed by atoms with E-state index in [-0.39, 0.29) is 0 Å². The summed E-state index contributed by atoms with van der Waals surface area (Å²) in [6.45, 7) is 9.12. The number of hydrogen-bond acceptors (Lipinski definition) is 2. The van der Waals surface area contributed by atoms with E-state index in [2.05, 4.69) is 47.5 Å². The lowest BCUT2D eigenvalue weighted by Crippen LogP contribution is -2.38. The normalized spacial score (nSPS) is 16.2. The third-order valence-corrected chi connectivity index (χ3v) is 3.76. The molecule has 0 amide bonds. The van der Waals surface area contributed by atoms with Crippen LogP contribution in [0.15, 0.2) is 16.6 Å². The van der Waals surface area contributed by atoms with Crippen LogP contribution in [0.4, 0.5) is 0 Å². The monoisotopic (exact) mass is 280 g/mol. The molecule has 116 valence electrons. The van der Waals surface area contributed by atoms with Crippen LogP contribution in [0.3, 0.4) is 0 Å². The number of hydrogen-bond donors (Lipinski definition) is 2. The third-order valence-electron chi connectivity index (χ3n) is 3.76. The van der Waals surface area contributed by atoms with Crippen molar-refractivity contribution in [3.8, 4) is 0 Å². The van der Waals surface area contributed by atoms with Crippen LogP contribution in [-0.2, 0) is 0 Å². The molecule has 1 rings (SSSR count). The Morgan fingerprint density at radius 2 is 2.15 bits per heavy atom. The van der Waals surface area contributed by atoms with E-state index in [1.165, 1.54) is 25.7 Å². The number of guanidine groups is 1. The first kappa shape index (κ1) is 17.0. The smallest absolute Gasteiger partial charge is 0.191 e. The SMILES string of the molecule is CCNC(=NCCN(C)CC)NCCC1=CCCCC1. The van der Waals surface area contributed by atoms with Crippen molar-refractivity contribution in [2.75, 3.05) is 39.8 Å². The first-order chi connectivity index (χ1) is 9.76. The van der Waals surface area contributed by atoms with Crippen LogP contribution in [0.5, 0.6) is 0 Å². The number of aliphatic imine (C=N–C) groups is 1. The molecule has 0 fully saturated rings. The Labute approximate surface area is 124 Å². The molecule has 1 aliphatic rings. The van der Waals surface area contributed by atoms with E-state index >= 15 is 0 Å². The largest absolute Gasteiger partial charge is 0.357 e. The summed E-state index contributed by atoms with van der Waals surface area (Å²) in [4.78, 5) is 6.90. The summed E-state index contributed by atoms with van der Waals surface area (Å²) < 4.78 is 0. The molecule has 0 aliphatic heterocycles. The van der Waals surface area contributed by atoms with Crippen molar-refractivity contribution < 1.29 is 0 Å². The van der Waals surface area contributed by atoms with Gasteiger partial charge >= 0.3 is 0 Å². The van der Waals surface area contributed by atoms with Gasteiger partial charge in [-0.1, -0.05) is 18.6 Å². The summed E-state index contributed by atoms with van der Waals surface area (Å²) in [6.07, 6.45) is 8.86. The molecule has 20 heavy (non-hydrogen) atoms. The summed E-state index contributed by atoms with van der Waals surface area (Å²) in [5, 5.41) is 6.75. The Balaban J connectivity index is 2.26. The third kappa shape index (κ3) is 7.53. The standard InChI is InChI=1S/C16H32N4/c1-4-17-16(19-13-14-20(3)5-2)18-12-11-15-9-7-6-8-10-15/h9H,4-8,10-14H2,1-3H3,(H2,17,18,19). The number of likely N-dealkylation sites (N-methyl/N-ethyl adjacent to an activating group) is 1. The first-order valence-electron chi connectivity index (χ1n) is 8.14. The molecule has 0 aromatic rings. The van der Waals surface area contributed by atoms with Crippen LogP contribution in [0.2, 0.25) is 0 Å². The molecular formula is C16H32N4. The molecule has 2 N–H and O–H groups in total. The van der Waals surface area contributed by atoms with E-state index in [0.29, 0.717) is 0 Å². The Morgan fingerprint density at radius 3 is 2.80 bits per heavy atom. The van der Waals surface area contributed by atoms with Crippen molar-refractivity contribution in [1.82, 2.24) is 15.5 Å². The van der Waals surface area contributed by atoms with Crippen molar-refractivity contribution >= 4 is 5.96 Å². The van der Waals surface area contributed by atoms with Gasteiger partial charge in [0.2, 0.25) is 0 Å². The molecular weight excluding hydrogens is 248 g/mol. The zero-order valence-corrected chi connectivity index (χ0v) is 13.5. The van der Waals surface area contributed by atoms with E-state index in [1.54, 1.807) is 5.57 Å². The van der Waals surface area contributed by atoms with Gasteiger partial charge in [0.05, 0.1) is 6.54 Å². The van der Waals surface area contributed by atoms with Crippen LogP contribution in [0.1, 0.15) is 46.0 Å². The minimum atomic E-state index is 0.850. The van der Waals surface area contributed by atoms with E-state index < -0.39 is 0 Å². The average molecular weight is 280 g/mol. The van der Waals surface area contributed by atoms with Crippen LogP contribution >= 0.6 is 0 Å². The van der Waals surface area contributed by atoms with Crippen LogP contribution in [0, 0.1) is 0 Å². The van der Waals surface area contributed by atoms with Crippen LogP contribution in [-0.4, -0.2) is 50.6 Å². The maximum absolute atomic E-state index is 4.62. The molecule has 0 atom stereocenters. The zero-order valence-electron chi connectivity index (χ0n) is 13.5. The lowest BCUT2D eigenvalue weighted by Gasteiger charge is -2.16. The Hall–Kier alpha value is -1.03. The number of nitrogens with one attached hydrogen (secondary N) is 2. The van der Waals surface area contributed by atoms with Gasteiger partial charge < -0.3 is 15.5 Å².